The van der Waals surface area contributed by atoms with Crippen molar-refractivity contribution in [2.24, 2.45) is 5.92 Å². The minimum atomic E-state index is 0.582. The van der Waals surface area contributed by atoms with Crippen molar-refractivity contribution in [1.29, 1.82) is 0 Å². The third kappa shape index (κ3) is 3.62. The molecule has 0 atom stereocenters. The first kappa shape index (κ1) is 15.8. The van der Waals surface area contributed by atoms with Crippen molar-refractivity contribution in [3.63, 3.8) is 0 Å². The lowest BCUT2D eigenvalue weighted by molar-refractivity contribution is 0.0881. The molecule has 0 aliphatic carbocycles. The number of hydrogen-bond donors (Lipinski definition) is 1. The Morgan fingerprint density at radius 3 is 2.64 bits per heavy atom. The van der Waals surface area contributed by atoms with Gasteiger partial charge in [-0.3, -0.25) is 4.90 Å². The van der Waals surface area contributed by atoms with Crippen LogP contribution in [-0.4, -0.2) is 79.2 Å². The molecule has 0 bridgehead atoms. The summed E-state index contributed by atoms with van der Waals surface area (Å²) in [4.78, 5) is 16.1. The van der Waals surface area contributed by atoms with Crippen LogP contribution in [0.1, 0.15) is 6.92 Å². The van der Waals surface area contributed by atoms with E-state index in [0.29, 0.717) is 5.02 Å². The largest absolute Gasteiger partial charge is 0.369 e. The first-order valence-electron chi connectivity index (χ1n) is 8.08. The first-order chi connectivity index (χ1) is 10.7. The van der Waals surface area contributed by atoms with Crippen LogP contribution in [-0.2, 0) is 0 Å². The summed E-state index contributed by atoms with van der Waals surface area (Å²) in [6.07, 6.45) is 1.69. The molecule has 7 heteroatoms. The molecule has 2 aliphatic heterocycles. The maximum absolute atomic E-state index is 6.11. The van der Waals surface area contributed by atoms with Crippen molar-refractivity contribution in [2.45, 2.75) is 6.92 Å². The molecule has 1 aromatic heterocycles. The van der Waals surface area contributed by atoms with E-state index < -0.39 is 0 Å². The second kappa shape index (κ2) is 6.98. The van der Waals surface area contributed by atoms with Crippen LogP contribution in [0.25, 0.3) is 0 Å². The van der Waals surface area contributed by atoms with E-state index in [9.17, 15) is 0 Å². The van der Waals surface area contributed by atoms with Crippen LogP contribution in [0.15, 0.2) is 6.20 Å². The highest BCUT2D eigenvalue weighted by Gasteiger charge is 2.27. The van der Waals surface area contributed by atoms with Gasteiger partial charge in [0.25, 0.3) is 0 Å². The fourth-order valence-corrected chi connectivity index (χ4v) is 3.40. The Morgan fingerprint density at radius 2 is 2.00 bits per heavy atom. The Bertz CT molecular complexity index is 497. The Balaban J connectivity index is 1.53. The van der Waals surface area contributed by atoms with Crippen molar-refractivity contribution in [2.75, 3.05) is 69.6 Å². The zero-order valence-corrected chi connectivity index (χ0v) is 14.2. The van der Waals surface area contributed by atoms with Crippen LogP contribution in [0.4, 0.5) is 11.8 Å². The smallest absolute Gasteiger partial charge is 0.227 e. The summed E-state index contributed by atoms with van der Waals surface area (Å²) >= 11 is 6.11. The summed E-state index contributed by atoms with van der Waals surface area (Å²) in [6, 6.07) is 0. The zero-order valence-electron chi connectivity index (χ0n) is 13.4. The minimum Gasteiger partial charge on any atom is -0.369 e. The van der Waals surface area contributed by atoms with E-state index in [1.807, 2.05) is 6.92 Å². The van der Waals surface area contributed by atoms with Gasteiger partial charge < -0.3 is 15.1 Å². The summed E-state index contributed by atoms with van der Waals surface area (Å²) in [6.45, 7) is 10.7. The molecular weight excluding hydrogens is 300 g/mol. The summed E-state index contributed by atoms with van der Waals surface area (Å²) in [7, 11) is 2.19. The van der Waals surface area contributed by atoms with Gasteiger partial charge >= 0.3 is 0 Å². The zero-order chi connectivity index (χ0) is 15.5. The summed E-state index contributed by atoms with van der Waals surface area (Å²) in [5.41, 5.74) is 0. The van der Waals surface area contributed by atoms with Gasteiger partial charge in [0, 0.05) is 52.4 Å². The number of hydrogen-bond acceptors (Lipinski definition) is 6. The van der Waals surface area contributed by atoms with E-state index in [1.54, 1.807) is 6.20 Å². The third-order valence-corrected chi connectivity index (χ3v) is 4.66. The molecule has 122 valence electrons. The van der Waals surface area contributed by atoms with Gasteiger partial charge in [0.05, 0.1) is 6.20 Å². The van der Waals surface area contributed by atoms with Gasteiger partial charge in [0.1, 0.15) is 10.8 Å². The number of rotatable bonds is 5. The Morgan fingerprint density at radius 1 is 1.27 bits per heavy atom. The first-order valence-corrected chi connectivity index (χ1v) is 8.45. The second-order valence-electron chi connectivity index (χ2n) is 6.27. The molecule has 0 saturated carbocycles. The highest BCUT2D eigenvalue weighted by molar-refractivity contribution is 6.32. The van der Waals surface area contributed by atoms with Crippen LogP contribution in [0.2, 0.25) is 5.02 Å². The fourth-order valence-electron chi connectivity index (χ4n) is 3.24. The number of aromatic nitrogens is 2. The van der Waals surface area contributed by atoms with E-state index in [-0.39, 0.29) is 0 Å². The van der Waals surface area contributed by atoms with Gasteiger partial charge in [-0.15, -0.1) is 0 Å². The fraction of sp³-hybridized carbons (Fsp3) is 0.733. The molecule has 2 fully saturated rings. The highest BCUT2D eigenvalue weighted by Crippen LogP contribution is 2.22. The third-order valence-electron chi connectivity index (χ3n) is 4.39. The van der Waals surface area contributed by atoms with Gasteiger partial charge in [-0.1, -0.05) is 11.6 Å². The molecule has 2 saturated heterocycles. The molecule has 3 rings (SSSR count). The number of nitrogens with zero attached hydrogens (tertiary/aromatic N) is 5. The molecule has 1 aromatic rings. The molecule has 22 heavy (non-hydrogen) atoms. The highest BCUT2D eigenvalue weighted by atomic mass is 35.5. The number of anilines is 2. The van der Waals surface area contributed by atoms with Crippen molar-refractivity contribution in [3.8, 4) is 0 Å². The predicted octanol–water partition coefficient (Wildman–Crippen LogP) is 1.25. The summed E-state index contributed by atoms with van der Waals surface area (Å²) < 4.78 is 0. The standard InChI is InChI=1S/C15H25ClN6/c1-3-17-14-13(16)8-18-15(19-14)22-6-4-21(5-7-22)11-12-9-20(2)10-12/h8,12H,3-7,9-11H2,1-2H3,(H,17,18,19). The monoisotopic (exact) mass is 324 g/mol. The molecule has 0 aromatic carbocycles. The maximum atomic E-state index is 6.11. The second-order valence-corrected chi connectivity index (χ2v) is 6.68. The average Bonchev–Trinajstić information content (AvgIpc) is 2.49. The van der Waals surface area contributed by atoms with E-state index in [1.165, 1.54) is 19.6 Å². The van der Waals surface area contributed by atoms with Crippen LogP contribution in [0.5, 0.6) is 0 Å². The topological polar surface area (TPSA) is 47.5 Å². The van der Waals surface area contributed by atoms with Crippen LogP contribution in [0, 0.1) is 5.92 Å². The van der Waals surface area contributed by atoms with E-state index in [4.69, 9.17) is 11.6 Å². The normalized spacial score (nSPS) is 21.0. The molecule has 1 N–H and O–H groups in total. The molecule has 3 heterocycles. The molecular formula is C15H25ClN6. The molecule has 6 nitrogen and oxygen atoms in total. The van der Waals surface area contributed by atoms with Crippen molar-refractivity contribution in [1.82, 2.24) is 19.8 Å². The minimum absolute atomic E-state index is 0.582. The lowest BCUT2D eigenvalue weighted by Gasteiger charge is -2.42. The van der Waals surface area contributed by atoms with Gasteiger partial charge in [-0.2, -0.15) is 4.98 Å². The van der Waals surface area contributed by atoms with Crippen molar-refractivity contribution < 1.29 is 0 Å². The Kier molecular flexibility index (Phi) is 5.00. The Hall–Kier alpha value is -1.11. The number of nitrogens with one attached hydrogen (secondary N) is 1. The predicted molar refractivity (Wildman–Crippen MR) is 90.8 cm³/mol. The molecule has 0 unspecified atom stereocenters. The molecule has 2 aliphatic rings. The van der Waals surface area contributed by atoms with Gasteiger partial charge in [-0.05, 0) is 19.9 Å². The van der Waals surface area contributed by atoms with Crippen molar-refractivity contribution in [3.05, 3.63) is 11.2 Å². The van der Waals surface area contributed by atoms with Crippen LogP contribution in [0.3, 0.4) is 0 Å². The lowest BCUT2D eigenvalue weighted by atomic mass is 10.0. The SMILES string of the molecule is CCNc1nc(N2CCN(CC3CN(C)C3)CC2)ncc1Cl. The number of likely N-dealkylation sites (tertiary alicyclic amines) is 1. The quantitative estimate of drug-likeness (QED) is 0.879. The molecule has 0 radical (unpaired) electrons. The van der Waals surface area contributed by atoms with Crippen molar-refractivity contribution >= 4 is 23.4 Å². The maximum Gasteiger partial charge on any atom is 0.227 e. The number of halogens is 1. The van der Waals surface area contributed by atoms with Crippen LogP contribution < -0.4 is 10.2 Å². The van der Waals surface area contributed by atoms with Gasteiger partial charge in [0.15, 0.2) is 0 Å². The summed E-state index contributed by atoms with van der Waals surface area (Å²) in [5.74, 6) is 2.36. The van der Waals surface area contributed by atoms with Gasteiger partial charge in [-0.25, -0.2) is 4.98 Å². The van der Waals surface area contributed by atoms with E-state index in [2.05, 4.69) is 37.0 Å². The Labute approximate surface area is 137 Å². The molecule has 0 spiro atoms. The van der Waals surface area contributed by atoms with Crippen LogP contribution >= 0.6 is 11.6 Å². The number of piperazine rings is 1. The molecule has 0 amide bonds. The average molecular weight is 325 g/mol. The van der Waals surface area contributed by atoms with E-state index in [0.717, 1.165) is 50.4 Å². The van der Waals surface area contributed by atoms with E-state index >= 15 is 0 Å². The van der Waals surface area contributed by atoms with Gasteiger partial charge in [0.2, 0.25) is 5.95 Å². The lowest BCUT2D eigenvalue weighted by Crippen LogP contribution is -2.53. The summed E-state index contributed by atoms with van der Waals surface area (Å²) in [5, 5.41) is 3.77.